The highest BCUT2D eigenvalue weighted by Gasteiger charge is 2.37. The van der Waals surface area contributed by atoms with Gasteiger partial charge in [0, 0.05) is 23.3 Å². The number of carbonyl (C=O) groups is 1. The number of rotatable bonds is 5. The second-order valence-electron chi connectivity index (χ2n) is 8.52. The van der Waals surface area contributed by atoms with Gasteiger partial charge in [-0.1, -0.05) is 36.4 Å². The van der Waals surface area contributed by atoms with E-state index >= 15 is 0 Å². The molecule has 5 rings (SSSR count). The van der Waals surface area contributed by atoms with Crippen LogP contribution in [0, 0.1) is 0 Å². The zero-order chi connectivity index (χ0) is 23.7. The Hall–Kier alpha value is -3.93. The fourth-order valence-corrected chi connectivity index (χ4v) is 4.98. The Morgan fingerprint density at radius 1 is 0.794 bits per heavy atom. The molecule has 2 aliphatic rings. The molecule has 1 aliphatic heterocycles. The molecule has 0 amide bonds. The number of hydrogen-bond acceptors (Lipinski definition) is 6. The van der Waals surface area contributed by atoms with E-state index in [0.29, 0.717) is 17.9 Å². The number of allylic oxidation sites excluding steroid dienone is 1. The molecule has 6 nitrogen and oxygen atoms in total. The molecule has 0 fully saturated rings. The Balaban J connectivity index is 1.62. The van der Waals surface area contributed by atoms with Gasteiger partial charge in [-0.3, -0.25) is 4.79 Å². The maximum Gasteiger partial charge on any atom is 0.166 e. The first-order valence-corrected chi connectivity index (χ1v) is 11.4. The summed E-state index contributed by atoms with van der Waals surface area (Å²) in [5.41, 5.74) is 5.55. The first-order chi connectivity index (χ1) is 16.6. The van der Waals surface area contributed by atoms with Gasteiger partial charge in [0.05, 0.1) is 38.7 Å². The molecule has 6 heteroatoms. The van der Waals surface area contributed by atoms with E-state index in [1.165, 1.54) is 0 Å². The molecule has 174 valence electrons. The quantitative estimate of drug-likeness (QED) is 0.514. The van der Waals surface area contributed by atoms with Gasteiger partial charge in [-0.15, -0.1) is 0 Å². The van der Waals surface area contributed by atoms with Crippen molar-refractivity contribution in [3.63, 3.8) is 0 Å². The number of benzene rings is 3. The molecule has 1 heterocycles. The van der Waals surface area contributed by atoms with Gasteiger partial charge in [0.1, 0.15) is 5.75 Å². The summed E-state index contributed by atoms with van der Waals surface area (Å²) in [6.45, 7) is 0. The smallest absolute Gasteiger partial charge is 0.166 e. The minimum absolute atomic E-state index is 0.0859. The normalized spacial score (nSPS) is 19.2. The number of carbonyl (C=O) groups excluding carboxylic acids is 1. The predicted octanol–water partition coefficient (Wildman–Crippen LogP) is 5.69. The van der Waals surface area contributed by atoms with Gasteiger partial charge in [-0.05, 0) is 48.2 Å². The molecule has 3 aromatic rings. The Morgan fingerprint density at radius 2 is 1.56 bits per heavy atom. The molecule has 0 bridgehead atoms. The van der Waals surface area contributed by atoms with Crippen LogP contribution in [0.2, 0.25) is 0 Å². The van der Waals surface area contributed by atoms with Crippen LogP contribution in [-0.4, -0.2) is 27.1 Å². The van der Waals surface area contributed by atoms with Gasteiger partial charge in [-0.25, -0.2) is 0 Å². The van der Waals surface area contributed by atoms with Crippen molar-refractivity contribution in [2.24, 2.45) is 0 Å². The Labute approximate surface area is 199 Å². The molecular formula is C28H28N2O4. The molecule has 2 N–H and O–H groups in total. The zero-order valence-electron chi connectivity index (χ0n) is 19.6. The van der Waals surface area contributed by atoms with Crippen LogP contribution in [0.5, 0.6) is 17.2 Å². The molecule has 0 spiro atoms. The van der Waals surface area contributed by atoms with Crippen molar-refractivity contribution in [1.82, 2.24) is 0 Å². The van der Waals surface area contributed by atoms with Gasteiger partial charge in [-0.2, -0.15) is 0 Å². The minimum Gasteiger partial charge on any atom is -0.497 e. The molecule has 0 unspecified atom stereocenters. The average Bonchev–Trinajstić information content (AvgIpc) is 3.05. The van der Waals surface area contributed by atoms with E-state index < -0.39 is 0 Å². The van der Waals surface area contributed by atoms with E-state index in [-0.39, 0.29) is 17.7 Å². The third-order valence-corrected chi connectivity index (χ3v) is 6.64. The van der Waals surface area contributed by atoms with Crippen molar-refractivity contribution in [1.29, 1.82) is 0 Å². The van der Waals surface area contributed by atoms with E-state index in [1.54, 1.807) is 21.3 Å². The number of nitrogens with one attached hydrogen (secondary N) is 2. The number of anilines is 2. The largest absolute Gasteiger partial charge is 0.497 e. The van der Waals surface area contributed by atoms with Crippen LogP contribution in [0.4, 0.5) is 11.4 Å². The molecule has 0 saturated carbocycles. The SMILES string of the molecule is COc1ccc([C@@H]2CC(=O)C3=C(C2)Nc2ccccc2N[C@H]3c2cccc(OC)c2OC)cc1. The molecule has 0 aromatic heterocycles. The monoisotopic (exact) mass is 456 g/mol. The number of hydrogen-bond donors (Lipinski definition) is 2. The molecule has 3 aromatic carbocycles. The molecular weight excluding hydrogens is 428 g/mol. The Kier molecular flexibility index (Phi) is 5.88. The van der Waals surface area contributed by atoms with Crippen LogP contribution in [0.25, 0.3) is 0 Å². The van der Waals surface area contributed by atoms with Crippen LogP contribution in [0.1, 0.15) is 35.9 Å². The van der Waals surface area contributed by atoms with Crippen LogP contribution >= 0.6 is 0 Å². The van der Waals surface area contributed by atoms with Crippen molar-refractivity contribution in [3.05, 3.63) is 89.1 Å². The van der Waals surface area contributed by atoms with Crippen molar-refractivity contribution in [2.45, 2.75) is 24.8 Å². The van der Waals surface area contributed by atoms with Gasteiger partial charge in [0.15, 0.2) is 17.3 Å². The van der Waals surface area contributed by atoms with E-state index in [1.807, 2.05) is 66.7 Å². The van der Waals surface area contributed by atoms with Gasteiger partial charge in [0.25, 0.3) is 0 Å². The summed E-state index contributed by atoms with van der Waals surface area (Å²) < 4.78 is 16.6. The fraction of sp³-hybridized carbons (Fsp3) is 0.250. The highest BCUT2D eigenvalue weighted by molar-refractivity contribution is 6.01. The lowest BCUT2D eigenvalue weighted by molar-refractivity contribution is -0.116. The minimum atomic E-state index is -0.375. The second-order valence-corrected chi connectivity index (χ2v) is 8.52. The third kappa shape index (κ3) is 3.85. The van der Waals surface area contributed by atoms with E-state index in [9.17, 15) is 4.79 Å². The molecule has 1 aliphatic carbocycles. The molecule has 0 saturated heterocycles. The Morgan fingerprint density at radius 3 is 2.26 bits per heavy atom. The van der Waals surface area contributed by atoms with Crippen LogP contribution < -0.4 is 24.8 Å². The first kappa shape index (κ1) is 21.9. The van der Waals surface area contributed by atoms with Crippen molar-refractivity contribution < 1.29 is 19.0 Å². The van der Waals surface area contributed by atoms with Crippen molar-refractivity contribution in [3.8, 4) is 17.2 Å². The summed E-state index contributed by atoms with van der Waals surface area (Å²) in [7, 11) is 4.90. The van der Waals surface area contributed by atoms with Crippen LogP contribution in [-0.2, 0) is 4.79 Å². The van der Waals surface area contributed by atoms with Gasteiger partial charge in [0.2, 0.25) is 0 Å². The summed E-state index contributed by atoms with van der Waals surface area (Å²) in [6.07, 6.45) is 1.17. The summed E-state index contributed by atoms with van der Waals surface area (Å²) in [5.74, 6) is 2.27. The van der Waals surface area contributed by atoms with Crippen molar-refractivity contribution >= 4 is 17.2 Å². The third-order valence-electron chi connectivity index (χ3n) is 6.64. The lowest BCUT2D eigenvalue weighted by Crippen LogP contribution is -2.27. The summed E-state index contributed by atoms with van der Waals surface area (Å²) in [4.78, 5) is 13.7. The van der Waals surface area contributed by atoms with Gasteiger partial charge < -0.3 is 24.8 Å². The van der Waals surface area contributed by atoms with E-state index in [4.69, 9.17) is 14.2 Å². The Bertz CT molecular complexity index is 1250. The van der Waals surface area contributed by atoms with Crippen molar-refractivity contribution in [2.75, 3.05) is 32.0 Å². The van der Waals surface area contributed by atoms with Crippen LogP contribution in [0.3, 0.4) is 0 Å². The first-order valence-electron chi connectivity index (χ1n) is 11.4. The lowest BCUT2D eigenvalue weighted by atomic mass is 9.78. The average molecular weight is 457 g/mol. The highest BCUT2D eigenvalue weighted by Crippen LogP contribution is 2.47. The van der Waals surface area contributed by atoms with Crippen LogP contribution in [0.15, 0.2) is 78.0 Å². The predicted molar refractivity (Wildman–Crippen MR) is 133 cm³/mol. The fourth-order valence-electron chi connectivity index (χ4n) is 4.98. The number of Topliss-reactive ketones (excluding diaryl/α,β-unsaturated/α-hetero) is 1. The maximum atomic E-state index is 13.7. The number of fused-ring (bicyclic) bond motifs is 1. The lowest BCUT2D eigenvalue weighted by Gasteiger charge is -2.30. The highest BCUT2D eigenvalue weighted by atomic mass is 16.5. The molecule has 2 atom stereocenters. The zero-order valence-corrected chi connectivity index (χ0v) is 19.6. The summed E-state index contributed by atoms with van der Waals surface area (Å²) >= 11 is 0. The standard InChI is InChI=1S/C28H28N2O4/c1-32-19-13-11-17(12-14-19)18-15-23-26(24(31)16-18)27(30-22-9-5-4-8-21(22)29-23)20-7-6-10-25(33-2)28(20)34-3/h4-14,18,27,29-30H,15-16H2,1-3H3/t18-,27-/m0/s1. The number of para-hydroxylation sites is 3. The van der Waals surface area contributed by atoms with E-state index in [0.717, 1.165) is 45.9 Å². The summed E-state index contributed by atoms with van der Waals surface area (Å²) in [6, 6.07) is 21.4. The summed E-state index contributed by atoms with van der Waals surface area (Å²) in [5, 5.41) is 7.19. The second kappa shape index (κ2) is 9.14. The van der Waals surface area contributed by atoms with Gasteiger partial charge >= 0.3 is 0 Å². The van der Waals surface area contributed by atoms with E-state index in [2.05, 4.69) is 10.6 Å². The number of ketones is 1. The molecule has 0 radical (unpaired) electrons. The molecule has 34 heavy (non-hydrogen) atoms. The topological polar surface area (TPSA) is 68.8 Å². The number of methoxy groups -OCH3 is 3. The maximum absolute atomic E-state index is 13.7. The number of ether oxygens (including phenoxy) is 3.